The minimum atomic E-state index is -0.274. The van der Waals surface area contributed by atoms with E-state index in [1.807, 2.05) is 24.3 Å². The lowest BCUT2D eigenvalue weighted by Crippen LogP contribution is -2.28. The number of nitrogens with one attached hydrogen (secondary N) is 1. The van der Waals surface area contributed by atoms with Crippen LogP contribution in [0.5, 0.6) is 0 Å². The lowest BCUT2D eigenvalue weighted by molar-refractivity contribution is 0.0601. The van der Waals surface area contributed by atoms with E-state index < -0.39 is 0 Å². The number of esters is 1. The molecule has 0 aromatic heterocycles. The zero-order chi connectivity index (χ0) is 14.5. The van der Waals surface area contributed by atoms with Crippen molar-refractivity contribution in [2.75, 3.05) is 12.4 Å². The summed E-state index contributed by atoms with van der Waals surface area (Å²) in [5, 5.41) is 3.52. The number of para-hydroxylation sites is 1. The fourth-order valence-corrected chi connectivity index (χ4v) is 3.05. The molecule has 2 rings (SSSR count). The van der Waals surface area contributed by atoms with Gasteiger partial charge in [0.2, 0.25) is 0 Å². The summed E-state index contributed by atoms with van der Waals surface area (Å²) < 4.78 is 4.84. The summed E-state index contributed by atoms with van der Waals surface area (Å²) in [5.74, 6) is 1.35. The molecule has 20 heavy (non-hydrogen) atoms. The first-order chi connectivity index (χ1) is 9.61. The van der Waals surface area contributed by atoms with Gasteiger partial charge in [0.15, 0.2) is 0 Å². The molecule has 0 heterocycles. The molecular weight excluding hydrogens is 250 g/mol. The minimum Gasteiger partial charge on any atom is -0.465 e. The van der Waals surface area contributed by atoms with E-state index >= 15 is 0 Å². The predicted molar refractivity (Wildman–Crippen MR) is 82.0 cm³/mol. The molecule has 0 bridgehead atoms. The average molecular weight is 275 g/mol. The lowest BCUT2D eigenvalue weighted by Gasteiger charge is -2.32. The molecule has 3 nitrogen and oxygen atoms in total. The maximum atomic E-state index is 11.8. The summed E-state index contributed by atoms with van der Waals surface area (Å²) in [6.45, 7) is 4.62. The number of rotatable bonds is 4. The lowest BCUT2D eigenvalue weighted by atomic mass is 9.79. The molecular formula is C17H25NO2. The summed E-state index contributed by atoms with van der Waals surface area (Å²) in [4.78, 5) is 11.8. The SMILES string of the molecule is COC(=O)c1ccccc1NC1CCC(C(C)C)CC1. The highest BCUT2D eigenvalue weighted by molar-refractivity contribution is 5.95. The Morgan fingerprint density at radius 1 is 1.20 bits per heavy atom. The van der Waals surface area contributed by atoms with Crippen LogP contribution >= 0.6 is 0 Å². The summed E-state index contributed by atoms with van der Waals surface area (Å²) in [6.07, 6.45) is 4.90. The van der Waals surface area contributed by atoms with Crippen LogP contribution in [-0.2, 0) is 4.74 Å². The second kappa shape index (κ2) is 6.78. The van der Waals surface area contributed by atoms with Crippen molar-refractivity contribution in [1.82, 2.24) is 0 Å². The standard InChI is InChI=1S/C17H25NO2/c1-12(2)13-8-10-14(11-9-13)18-16-7-5-4-6-15(16)17(19)20-3/h4-7,12-14,18H,8-11H2,1-3H3. The van der Waals surface area contributed by atoms with Crippen molar-refractivity contribution in [3.8, 4) is 0 Å². The second-order valence-corrected chi connectivity index (χ2v) is 6.04. The van der Waals surface area contributed by atoms with Gasteiger partial charge in [-0.1, -0.05) is 26.0 Å². The predicted octanol–water partition coefficient (Wildman–Crippen LogP) is 4.10. The molecule has 0 aliphatic heterocycles. The smallest absolute Gasteiger partial charge is 0.339 e. The topological polar surface area (TPSA) is 38.3 Å². The molecule has 1 aromatic carbocycles. The van der Waals surface area contributed by atoms with Crippen LogP contribution in [0.2, 0.25) is 0 Å². The molecule has 0 unspecified atom stereocenters. The molecule has 1 fully saturated rings. The molecule has 1 aliphatic rings. The Morgan fingerprint density at radius 2 is 1.85 bits per heavy atom. The zero-order valence-electron chi connectivity index (χ0n) is 12.7. The first kappa shape index (κ1) is 14.9. The Labute approximate surface area is 121 Å². The summed E-state index contributed by atoms with van der Waals surface area (Å²) in [5.41, 5.74) is 1.52. The second-order valence-electron chi connectivity index (χ2n) is 6.04. The van der Waals surface area contributed by atoms with Gasteiger partial charge in [-0.05, 0) is 49.7 Å². The largest absolute Gasteiger partial charge is 0.465 e. The van der Waals surface area contributed by atoms with Crippen molar-refractivity contribution >= 4 is 11.7 Å². The summed E-state index contributed by atoms with van der Waals surface area (Å²) in [6, 6.07) is 8.06. The third-order valence-electron chi connectivity index (χ3n) is 4.41. The third-order valence-corrected chi connectivity index (χ3v) is 4.41. The molecule has 1 N–H and O–H groups in total. The van der Waals surface area contributed by atoms with E-state index in [-0.39, 0.29) is 5.97 Å². The fraction of sp³-hybridized carbons (Fsp3) is 0.588. The van der Waals surface area contributed by atoms with Crippen molar-refractivity contribution in [2.24, 2.45) is 11.8 Å². The van der Waals surface area contributed by atoms with Crippen molar-refractivity contribution in [3.05, 3.63) is 29.8 Å². The normalized spacial score (nSPS) is 22.6. The van der Waals surface area contributed by atoms with Crippen molar-refractivity contribution in [2.45, 2.75) is 45.6 Å². The van der Waals surface area contributed by atoms with Crippen LogP contribution in [0.1, 0.15) is 49.9 Å². The summed E-state index contributed by atoms with van der Waals surface area (Å²) in [7, 11) is 1.42. The van der Waals surface area contributed by atoms with E-state index in [1.165, 1.54) is 32.8 Å². The van der Waals surface area contributed by atoms with Crippen LogP contribution in [0, 0.1) is 11.8 Å². The molecule has 1 aliphatic carbocycles. The average Bonchev–Trinajstić information content (AvgIpc) is 2.47. The van der Waals surface area contributed by atoms with E-state index in [0.29, 0.717) is 11.6 Å². The van der Waals surface area contributed by atoms with Gasteiger partial charge in [0.1, 0.15) is 0 Å². The Kier molecular flexibility index (Phi) is 5.05. The minimum absolute atomic E-state index is 0.274. The quantitative estimate of drug-likeness (QED) is 0.841. The number of methoxy groups -OCH3 is 1. The number of anilines is 1. The Balaban J connectivity index is 1.99. The maximum absolute atomic E-state index is 11.8. The number of hydrogen-bond acceptors (Lipinski definition) is 3. The van der Waals surface area contributed by atoms with Gasteiger partial charge in [0, 0.05) is 11.7 Å². The van der Waals surface area contributed by atoms with Gasteiger partial charge in [0.05, 0.1) is 12.7 Å². The van der Waals surface area contributed by atoms with Crippen molar-refractivity contribution in [3.63, 3.8) is 0 Å². The van der Waals surface area contributed by atoms with Gasteiger partial charge in [-0.25, -0.2) is 4.79 Å². The van der Waals surface area contributed by atoms with Gasteiger partial charge in [-0.2, -0.15) is 0 Å². The van der Waals surface area contributed by atoms with Gasteiger partial charge in [0.25, 0.3) is 0 Å². The first-order valence-corrected chi connectivity index (χ1v) is 7.55. The Hall–Kier alpha value is -1.51. The van der Waals surface area contributed by atoms with Gasteiger partial charge in [-0.15, -0.1) is 0 Å². The van der Waals surface area contributed by atoms with Crippen LogP contribution in [0.4, 0.5) is 5.69 Å². The zero-order valence-corrected chi connectivity index (χ0v) is 12.7. The summed E-state index contributed by atoms with van der Waals surface area (Å²) >= 11 is 0. The molecule has 0 radical (unpaired) electrons. The van der Waals surface area contributed by atoms with Crippen LogP contribution in [-0.4, -0.2) is 19.1 Å². The number of hydrogen-bond donors (Lipinski definition) is 1. The highest BCUT2D eigenvalue weighted by Crippen LogP contribution is 2.31. The molecule has 0 atom stereocenters. The number of benzene rings is 1. The highest BCUT2D eigenvalue weighted by atomic mass is 16.5. The number of carbonyl (C=O) groups excluding carboxylic acids is 1. The van der Waals surface area contributed by atoms with E-state index in [2.05, 4.69) is 19.2 Å². The van der Waals surface area contributed by atoms with Crippen LogP contribution in [0.25, 0.3) is 0 Å². The number of ether oxygens (including phenoxy) is 1. The van der Waals surface area contributed by atoms with Crippen LogP contribution < -0.4 is 5.32 Å². The van der Waals surface area contributed by atoms with E-state index in [1.54, 1.807) is 0 Å². The molecule has 1 saturated carbocycles. The molecule has 0 spiro atoms. The molecule has 0 amide bonds. The molecule has 110 valence electrons. The van der Waals surface area contributed by atoms with E-state index in [0.717, 1.165) is 17.5 Å². The fourth-order valence-electron chi connectivity index (χ4n) is 3.05. The maximum Gasteiger partial charge on any atom is 0.339 e. The van der Waals surface area contributed by atoms with Gasteiger partial charge < -0.3 is 10.1 Å². The Morgan fingerprint density at radius 3 is 2.45 bits per heavy atom. The molecule has 3 heteroatoms. The molecule has 0 saturated heterocycles. The number of carbonyl (C=O) groups is 1. The molecule has 1 aromatic rings. The van der Waals surface area contributed by atoms with Gasteiger partial charge >= 0.3 is 5.97 Å². The van der Waals surface area contributed by atoms with Crippen LogP contribution in [0.15, 0.2) is 24.3 Å². The van der Waals surface area contributed by atoms with Gasteiger partial charge in [-0.3, -0.25) is 0 Å². The monoisotopic (exact) mass is 275 g/mol. The van der Waals surface area contributed by atoms with E-state index in [9.17, 15) is 4.79 Å². The van der Waals surface area contributed by atoms with Crippen LogP contribution in [0.3, 0.4) is 0 Å². The van der Waals surface area contributed by atoms with Crippen molar-refractivity contribution in [1.29, 1.82) is 0 Å². The highest BCUT2D eigenvalue weighted by Gasteiger charge is 2.24. The first-order valence-electron chi connectivity index (χ1n) is 7.55. The Bertz CT molecular complexity index is 448. The van der Waals surface area contributed by atoms with E-state index in [4.69, 9.17) is 4.74 Å². The van der Waals surface area contributed by atoms with Crippen molar-refractivity contribution < 1.29 is 9.53 Å². The third kappa shape index (κ3) is 3.53.